The number of rotatable bonds is 0. The molecular weight excluding hydrogens is 109 g/mol. The second kappa shape index (κ2) is 3.63. The molecule has 0 bridgehead atoms. The van der Waals surface area contributed by atoms with Gasteiger partial charge in [-0.25, -0.2) is 0 Å². The van der Waals surface area contributed by atoms with Crippen LogP contribution in [0.4, 0.5) is 0 Å². The van der Waals surface area contributed by atoms with Gasteiger partial charge in [0.15, 0.2) is 0 Å². The van der Waals surface area contributed by atoms with Gasteiger partial charge < -0.3 is 10.0 Å². The third-order valence-corrected chi connectivity index (χ3v) is 1.98. The molecule has 3 heteroatoms. The molecule has 48 valence electrons. The van der Waals surface area contributed by atoms with Crippen molar-refractivity contribution in [1.29, 1.82) is 0 Å². The molecule has 1 heterocycles. The van der Waals surface area contributed by atoms with Crippen LogP contribution in [0, 0.1) is 0 Å². The zero-order chi connectivity index (χ0) is 6.15. The molecule has 2 unspecified atom stereocenters. The van der Waals surface area contributed by atoms with Gasteiger partial charge in [-0.2, -0.15) is 0 Å². The van der Waals surface area contributed by atoms with Crippen molar-refractivity contribution in [3.63, 3.8) is 0 Å². The first-order valence-electron chi connectivity index (χ1n) is 3.09. The maximum absolute atomic E-state index is 10.8. The van der Waals surface area contributed by atoms with Crippen molar-refractivity contribution in [2.45, 2.75) is 32.0 Å². The molecule has 0 aromatic heterocycles. The maximum atomic E-state index is 10.8. The molecular formula is C6H12LiNO. The number of hydrogen-bond acceptors (Lipinski definition) is 2. The molecule has 0 amide bonds. The van der Waals surface area contributed by atoms with Gasteiger partial charge in [-0.3, -0.25) is 0 Å². The Morgan fingerprint density at radius 2 is 2.00 bits per heavy atom. The number of nitrogens with zero attached hydrogens (tertiary/aromatic N) is 1. The molecule has 0 N–H and O–H groups in total. The van der Waals surface area contributed by atoms with Gasteiger partial charge >= 0.3 is 18.9 Å². The van der Waals surface area contributed by atoms with E-state index in [0.717, 1.165) is 12.8 Å². The second-order valence-electron chi connectivity index (χ2n) is 2.55. The van der Waals surface area contributed by atoms with Gasteiger partial charge in [0.25, 0.3) is 0 Å². The fourth-order valence-corrected chi connectivity index (χ4v) is 1.07. The topological polar surface area (TPSA) is 26.3 Å². The predicted molar refractivity (Wildman–Crippen MR) is 30.2 cm³/mol. The van der Waals surface area contributed by atoms with Gasteiger partial charge in [0.1, 0.15) is 0 Å². The summed E-state index contributed by atoms with van der Waals surface area (Å²) in [7, 11) is 1.90. The van der Waals surface area contributed by atoms with Crippen molar-refractivity contribution in [2.24, 2.45) is 0 Å². The third-order valence-electron chi connectivity index (χ3n) is 1.98. The van der Waals surface area contributed by atoms with Crippen LogP contribution in [0.1, 0.15) is 19.8 Å². The van der Waals surface area contributed by atoms with Gasteiger partial charge in [-0.05, 0) is 20.4 Å². The van der Waals surface area contributed by atoms with Gasteiger partial charge in [0.2, 0.25) is 0 Å². The smallest absolute Gasteiger partial charge is 0.841 e. The van der Waals surface area contributed by atoms with Gasteiger partial charge in [-0.1, -0.05) is 12.6 Å². The Labute approximate surface area is 68.4 Å². The van der Waals surface area contributed by atoms with Crippen molar-refractivity contribution in [2.75, 3.05) is 7.05 Å². The quantitative estimate of drug-likeness (QED) is 0.315. The molecule has 0 aromatic rings. The molecule has 9 heavy (non-hydrogen) atoms. The Hall–Kier alpha value is 0.517. The van der Waals surface area contributed by atoms with Crippen LogP contribution >= 0.6 is 0 Å². The monoisotopic (exact) mass is 121 g/mol. The summed E-state index contributed by atoms with van der Waals surface area (Å²) in [6, 6.07) is 0.512. The van der Waals surface area contributed by atoms with E-state index in [-0.39, 0.29) is 18.9 Å². The van der Waals surface area contributed by atoms with Crippen LogP contribution in [0.25, 0.3) is 0 Å². The normalized spacial score (nSPS) is 36.3. The summed E-state index contributed by atoms with van der Waals surface area (Å²) in [5.41, 5.74) is 0. The second-order valence-corrected chi connectivity index (χ2v) is 2.55. The fraction of sp³-hybridized carbons (Fsp3) is 1.00. The van der Waals surface area contributed by atoms with E-state index < -0.39 is 6.23 Å². The summed E-state index contributed by atoms with van der Waals surface area (Å²) >= 11 is 0. The van der Waals surface area contributed by atoms with Crippen molar-refractivity contribution < 1.29 is 24.0 Å². The Balaban J connectivity index is 0.000000640. The van der Waals surface area contributed by atoms with Crippen LogP contribution in [0.3, 0.4) is 0 Å². The molecule has 2 nitrogen and oxygen atoms in total. The Bertz CT molecular complexity index is 79.1. The molecule has 1 fully saturated rings. The van der Waals surface area contributed by atoms with Crippen LogP contribution < -0.4 is 24.0 Å². The van der Waals surface area contributed by atoms with E-state index in [9.17, 15) is 5.11 Å². The van der Waals surface area contributed by atoms with E-state index in [2.05, 4.69) is 6.92 Å². The zero-order valence-electron chi connectivity index (χ0n) is 6.42. The van der Waals surface area contributed by atoms with Gasteiger partial charge in [-0.15, -0.1) is 0 Å². The minimum atomic E-state index is -0.426. The molecule has 2 atom stereocenters. The summed E-state index contributed by atoms with van der Waals surface area (Å²) < 4.78 is 0. The molecule has 0 aromatic carbocycles. The van der Waals surface area contributed by atoms with Crippen LogP contribution in [-0.2, 0) is 0 Å². The van der Waals surface area contributed by atoms with Crippen LogP contribution in [0.2, 0.25) is 0 Å². The average Bonchev–Trinajstić information content (AvgIpc) is 1.98. The largest absolute Gasteiger partial charge is 1.00 e. The molecule has 0 radical (unpaired) electrons. The first-order valence-corrected chi connectivity index (χ1v) is 3.09. The summed E-state index contributed by atoms with van der Waals surface area (Å²) in [6.45, 7) is 2.10. The van der Waals surface area contributed by atoms with Crippen molar-refractivity contribution >= 4 is 0 Å². The van der Waals surface area contributed by atoms with Crippen LogP contribution in [0.15, 0.2) is 0 Å². The minimum absolute atomic E-state index is 0. The van der Waals surface area contributed by atoms with Crippen molar-refractivity contribution in [3.05, 3.63) is 0 Å². The fourth-order valence-electron chi connectivity index (χ4n) is 1.07. The summed E-state index contributed by atoms with van der Waals surface area (Å²) in [5, 5.41) is 10.8. The van der Waals surface area contributed by atoms with Gasteiger partial charge in [0, 0.05) is 6.04 Å². The summed E-state index contributed by atoms with van der Waals surface area (Å²) in [4.78, 5) is 1.89. The third kappa shape index (κ3) is 1.98. The van der Waals surface area contributed by atoms with E-state index in [1.807, 2.05) is 11.9 Å². The van der Waals surface area contributed by atoms with E-state index in [1.165, 1.54) is 0 Å². The standard InChI is InChI=1S/C6H12NO.Li/c1-5-3-4-6(8)7(5)2;/h5-6H,3-4H2,1-2H3;/q-1;+1. The molecule has 1 rings (SSSR count). The molecule has 0 aliphatic carbocycles. The Kier molecular flexibility index (Phi) is 3.84. The minimum Gasteiger partial charge on any atom is -0.841 e. The molecule has 1 aliphatic heterocycles. The number of hydrogen-bond donors (Lipinski definition) is 0. The average molecular weight is 121 g/mol. The van der Waals surface area contributed by atoms with Crippen molar-refractivity contribution in [1.82, 2.24) is 4.90 Å². The van der Waals surface area contributed by atoms with E-state index >= 15 is 0 Å². The summed E-state index contributed by atoms with van der Waals surface area (Å²) in [6.07, 6.45) is 1.48. The van der Waals surface area contributed by atoms with Gasteiger partial charge in [0.05, 0.1) is 0 Å². The van der Waals surface area contributed by atoms with Crippen LogP contribution in [0.5, 0.6) is 0 Å². The van der Waals surface area contributed by atoms with Crippen LogP contribution in [-0.4, -0.2) is 24.2 Å². The maximum Gasteiger partial charge on any atom is 1.00 e. The molecule has 0 saturated carbocycles. The molecule has 1 saturated heterocycles. The van der Waals surface area contributed by atoms with E-state index in [0.29, 0.717) is 6.04 Å². The molecule has 1 aliphatic rings. The number of likely N-dealkylation sites (tertiary alicyclic amines) is 1. The van der Waals surface area contributed by atoms with Crippen molar-refractivity contribution in [3.8, 4) is 0 Å². The SMILES string of the molecule is CC1CCC([O-])N1C.[Li+]. The predicted octanol–water partition coefficient (Wildman–Crippen LogP) is -3.21. The summed E-state index contributed by atoms with van der Waals surface area (Å²) in [5.74, 6) is 0. The Morgan fingerprint density at radius 3 is 2.11 bits per heavy atom. The van der Waals surface area contributed by atoms with E-state index in [1.54, 1.807) is 0 Å². The first-order chi connectivity index (χ1) is 3.72. The van der Waals surface area contributed by atoms with E-state index in [4.69, 9.17) is 0 Å². The Morgan fingerprint density at radius 1 is 1.44 bits per heavy atom. The molecule has 0 spiro atoms. The first kappa shape index (κ1) is 9.52. The zero-order valence-corrected chi connectivity index (χ0v) is 6.42.